The summed E-state index contributed by atoms with van der Waals surface area (Å²) in [6.45, 7) is 1.86. The van der Waals surface area contributed by atoms with E-state index in [0.29, 0.717) is 6.61 Å². The molecule has 0 aromatic heterocycles. The van der Waals surface area contributed by atoms with E-state index in [0.717, 1.165) is 29.0 Å². The number of thioether (sulfide) groups is 1. The lowest BCUT2D eigenvalue weighted by molar-refractivity contribution is -0.184. The molecule has 112 valence electrons. The number of hydroxylamine groups is 2. The van der Waals surface area contributed by atoms with Gasteiger partial charge in [-0.25, -0.2) is 9.86 Å². The molecule has 1 heterocycles. The highest BCUT2D eigenvalue weighted by Crippen LogP contribution is 2.47. The van der Waals surface area contributed by atoms with Gasteiger partial charge in [0.15, 0.2) is 6.61 Å². The van der Waals surface area contributed by atoms with Crippen LogP contribution < -0.4 is 0 Å². The molecule has 1 aromatic rings. The maximum absolute atomic E-state index is 11.4. The number of carbonyl (C=O) groups is 1. The number of aryl methyl sites for hydroxylation is 1. The molecular weight excluding hydrogens is 290 g/mol. The molecule has 1 atom stereocenters. The Hall–Kier alpha value is -1.50. The molecule has 2 aliphatic rings. The van der Waals surface area contributed by atoms with Gasteiger partial charge in [0.1, 0.15) is 0 Å². The van der Waals surface area contributed by atoms with Crippen LogP contribution in [0.1, 0.15) is 24.5 Å². The molecule has 1 aromatic carbocycles. The molecule has 6 heteroatoms. The van der Waals surface area contributed by atoms with Crippen molar-refractivity contribution < 1.29 is 19.5 Å². The van der Waals surface area contributed by atoms with Crippen molar-refractivity contribution >= 4 is 23.4 Å². The molecule has 0 amide bonds. The van der Waals surface area contributed by atoms with E-state index in [1.807, 2.05) is 18.2 Å². The molecule has 1 unspecified atom stereocenters. The van der Waals surface area contributed by atoms with Gasteiger partial charge in [0.2, 0.25) is 5.56 Å². The summed E-state index contributed by atoms with van der Waals surface area (Å²) in [7, 11) is 0. The van der Waals surface area contributed by atoms with E-state index in [1.54, 1.807) is 6.92 Å². The van der Waals surface area contributed by atoms with Crippen LogP contribution >= 0.6 is 11.8 Å². The van der Waals surface area contributed by atoms with Crippen molar-refractivity contribution in [2.24, 2.45) is 0 Å². The number of hydrogen-bond donors (Lipinski definition) is 1. The molecule has 1 aliphatic carbocycles. The number of hydrogen-bond acceptors (Lipinski definition) is 6. The van der Waals surface area contributed by atoms with Gasteiger partial charge in [-0.1, -0.05) is 36.0 Å². The first-order chi connectivity index (χ1) is 10.2. The topological polar surface area (TPSA) is 59.0 Å². The first-order valence-electron chi connectivity index (χ1n) is 6.94. The quantitative estimate of drug-likeness (QED) is 0.860. The largest absolute Gasteiger partial charge is 0.464 e. The van der Waals surface area contributed by atoms with Crippen LogP contribution in [0.15, 0.2) is 29.2 Å². The second-order valence-corrected chi connectivity index (χ2v) is 5.93. The number of rotatable bonds is 4. The van der Waals surface area contributed by atoms with Crippen LogP contribution in [0.25, 0.3) is 5.70 Å². The molecule has 0 bridgehead atoms. The zero-order valence-electron chi connectivity index (χ0n) is 11.7. The Morgan fingerprint density at radius 1 is 1.43 bits per heavy atom. The summed E-state index contributed by atoms with van der Waals surface area (Å²) < 4.78 is 4.85. The van der Waals surface area contributed by atoms with Crippen LogP contribution in [0, 0.1) is 0 Å². The number of benzene rings is 1. The highest BCUT2D eigenvalue weighted by molar-refractivity contribution is 8.03. The van der Waals surface area contributed by atoms with Gasteiger partial charge in [-0.05, 0) is 25.3 Å². The first-order valence-corrected chi connectivity index (χ1v) is 7.82. The van der Waals surface area contributed by atoms with Gasteiger partial charge in [0.05, 0.1) is 12.3 Å². The average molecular weight is 307 g/mol. The van der Waals surface area contributed by atoms with E-state index < -0.39 is 11.5 Å². The molecule has 21 heavy (non-hydrogen) atoms. The molecule has 0 saturated carbocycles. The molecular formula is C15H17NO4S. The Balaban J connectivity index is 1.81. The first kappa shape index (κ1) is 14.4. The lowest BCUT2D eigenvalue weighted by Crippen LogP contribution is -2.31. The van der Waals surface area contributed by atoms with Crippen LogP contribution in [-0.2, 0) is 20.8 Å². The van der Waals surface area contributed by atoms with E-state index in [1.165, 1.54) is 22.4 Å². The second-order valence-electron chi connectivity index (χ2n) is 4.78. The summed E-state index contributed by atoms with van der Waals surface area (Å²) in [5.74, 6) is -0.437. The van der Waals surface area contributed by atoms with Crippen LogP contribution in [0.2, 0.25) is 0 Å². The monoisotopic (exact) mass is 307 g/mol. The molecule has 5 nitrogen and oxygen atoms in total. The number of aliphatic hydroxyl groups excluding tert-OH is 1. The van der Waals surface area contributed by atoms with Crippen molar-refractivity contribution in [3.63, 3.8) is 0 Å². The van der Waals surface area contributed by atoms with Crippen molar-refractivity contribution in [1.29, 1.82) is 0 Å². The Bertz CT molecular complexity index is 587. The normalized spacial score (nSPS) is 20.3. The maximum atomic E-state index is 11.4. The summed E-state index contributed by atoms with van der Waals surface area (Å²) in [4.78, 5) is 18.0. The fraction of sp³-hybridized carbons (Fsp3) is 0.400. The molecule has 0 fully saturated rings. The predicted molar refractivity (Wildman–Crippen MR) is 79.7 cm³/mol. The Labute approximate surface area is 127 Å². The fourth-order valence-corrected chi connectivity index (χ4v) is 3.63. The van der Waals surface area contributed by atoms with Gasteiger partial charge in [0, 0.05) is 10.5 Å². The molecule has 0 spiro atoms. The highest BCUT2D eigenvalue weighted by Gasteiger charge is 2.36. The summed E-state index contributed by atoms with van der Waals surface area (Å²) in [6.07, 6.45) is 1.84. The van der Waals surface area contributed by atoms with E-state index in [9.17, 15) is 9.90 Å². The van der Waals surface area contributed by atoms with Crippen LogP contribution in [0.3, 0.4) is 0 Å². The molecule has 3 rings (SSSR count). The number of nitrogens with zero attached hydrogens (tertiary/aromatic N) is 1. The minimum absolute atomic E-state index is 0.204. The van der Waals surface area contributed by atoms with Crippen molar-refractivity contribution in [3.05, 3.63) is 40.3 Å². The van der Waals surface area contributed by atoms with Crippen LogP contribution in [-0.4, -0.2) is 34.9 Å². The molecule has 0 radical (unpaired) electrons. The maximum Gasteiger partial charge on any atom is 0.334 e. The summed E-state index contributed by atoms with van der Waals surface area (Å²) >= 11 is 1.37. The van der Waals surface area contributed by atoms with Gasteiger partial charge >= 0.3 is 5.97 Å². The zero-order chi connectivity index (χ0) is 14.8. The van der Waals surface area contributed by atoms with Crippen molar-refractivity contribution in [1.82, 2.24) is 5.06 Å². The van der Waals surface area contributed by atoms with E-state index in [4.69, 9.17) is 9.57 Å². The Morgan fingerprint density at radius 2 is 2.24 bits per heavy atom. The Morgan fingerprint density at radius 3 is 3.05 bits per heavy atom. The van der Waals surface area contributed by atoms with E-state index >= 15 is 0 Å². The van der Waals surface area contributed by atoms with Crippen LogP contribution in [0.5, 0.6) is 0 Å². The summed E-state index contributed by atoms with van der Waals surface area (Å²) in [5.41, 5.74) is 2.34. The third-order valence-corrected chi connectivity index (χ3v) is 4.54. The average Bonchev–Trinajstić information content (AvgIpc) is 2.81. The number of aliphatic hydroxyl groups is 1. The minimum atomic E-state index is -0.824. The van der Waals surface area contributed by atoms with Crippen molar-refractivity contribution in [2.45, 2.75) is 25.3 Å². The van der Waals surface area contributed by atoms with Crippen molar-refractivity contribution in [2.75, 3.05) is 13.2 Å². The minimum Gasteiger partial charge on any atom is -0.464 e. The fourth-order valence-electron chi connectivity index (χ4n) is 2.58. The van der Waals surface area contributed by atoms with Crippen LogP contribution in [0.4, 0.5) is 0 Å². The SMILES string of the molecule is CCOC(=O)CON1C2=C(CCc3ccccc32)SC1O. The van der Waals surface area contributed by atoms with Gasteiger partial charge in [0.25, 0.3) is 0 Å². The second kappa shape index (κ2) is 6.09. The number of fused-ring (bicyclic) bond motifs is 2. The number of carbonyl (C=O) groups excluding carboxylic acids is 1. The van der Waals surface area contributed by atoms with E-state index in [2.05, 4.69) is 6.07 Å². The Kier molecular flexibility index (Phi) is 4.19. The van der Waals surface area contributed by atoms with E-state index in [-0.39, 0.29) is 6.61 Å². The summed E-state index contributed by atoms with van der Waals surface area (Å²) in [6, 6.07) is 8.07. The standard InChI is InChI=1S/C15H17NO4S/c1-2-19-13(17)9-20-16-14-11-6-4-3-5-10(11)7-8-12(14)21-15(16)18/h3-6,15,18H,2,7-9H2,1H3. The van der Waals surface area contributed by atoms with Gasteiger partial charge < -0.3 is 9.84 Å². The zero-order valence-corrected chi connectivity index (χ0v) is 12.6. The predicted octanol–water partition coefficient (Wildman–Crippen LogP) is 2.12. The van der Waals surface area contributed by atoms with Gasteiger partial charge in [-0.3, -0.25) is 4.84 Å². The molecule has 1 N–H and O–H groups in total. The number of allylic oxidation sites excluding steroid dienone is 1. The third kappa shape index (κ3) is 2.79. The number of ether oxygens (including phenoxy) is 1. The van der Waals surface area contributed by atoms with Crippen molar-refractivity contribution in [3.8, 4) is 0 Å². The van der Waals surface area contributed by atoms with Gasteiger partial charge in [-0.15, -0.1) is 0 Å². The molecule has 1 aliphatic heterocycles. The van der Waals surface area contributed by atoms with Gasteiger partial charge in [-0.2, -0.15) is 0 Å². The smallest absolute Gasteiger partial charge is 0.334 e. The third-order valence-electron chi connectivity index (χ3n) is 3.45. The molecule has 0 saturated heterocycles. The highest BCUT2D eigenvalue weighted by atomic mass is 32.2. The lowest BCUT2D eigenvalue weighted by atomic mass is 9.94. The number of esters is 1. The summed E-state index contributed by atoms with van der Waals surface area (Å²) in [5, 5.41) is 11.6. The lowest BCUT2D eigenvalue weighted by Gasteiger charge is -2.26.